The second kappa shape index (κ2) is 5.29. The van der Waals surface area contributed by atoms with Crippen LogP contribution in [-0.4, -0.2) is 27.6 Å². The van der Waals surface area contributed by atoms with Crippen molar-refractivity contribution >= 4 is 12.0 Å². The molecule has 0 aliphatic rings. The van der Waals surface area contributed by atoms with E-state index in [4.69, 9.17) is 5.11 Å². The van der Waals surface area contributed by atoms with Gasteiger partial charge in [0.2, 0.25) is 5.91 Å². The molecule has 0 saturated heterocycles. The van der Waals surface area contributed by atoms with E-state index in [1.807, 2.05) is 6.07 Å². The van der Waals surface area contributed by atoms with Gasteiger partial charge in [0.25, 0.3) is 0 Å². The molecule has 0 aromatic carbocycles. The summed E-state index contributed by atoms with van der Waals surface area (Å²) in [7, 11) is 0. The Kier molecular flexibility index (Phi) is 4.03. The smallest absolute Gasteiger partial charge is 0.405 e. The van der Waals surface area contributed by atoms with Crippen molar-refractivity contribution in [2.24, 2.45) is 0 Å². The molecule has 0 aliphatic carbocycles. The van der Waals surface area contributed by atoms with Crippen molar-refractivity contribution in [3.8, 4) is 0 Å². The largest absolute Gasteiger partial charge is 0.465 e. The molecule has 3 N–H and O–H groups in total. The van der Waals surface area contributed by atoms with Crippen LogP contribution in [0.3, 0.4) is 0 Å². The third-order valence-corrected chi connectivity index (χ3v) is 2.14. The number of hydrogen-bond donors (Lipinski definition) is 3. The molecule has 0 spiro atoms. The molecule has 0 atom stereocenters. The minimum Gasteiger partial charge on any atom is -0.465 e. The average Bonchev–Trinajstić information content (AvgIpc) is 2.25. The summed E-state index contributed by atoms with van der Waals surface area (Å²) >= 11 is 0. The Morgan fingerprint density at radius 3 is 2.65 bits per heavy atom. The quantitative estimate of drug-likeness (QED) is 0.720. The van der Waals surface area contributed by atoms with Crippen LogP contribution in [0, 0.1) is 0 Å². The first-order chi connectivity index (χ1) is 7.92. The van der Waals surface area contributed by atoms with E-state index in [1.54, 1.807) is 18.3 Å². The monoisotopic (exact) mass is 237 g/mol. The van der Waals surface area contributed by atoms with Crippen LogP contribution in [0.25, 0.3) is 0 Å². The Labute approximate surface area is 99.1 Å². The highest BCUT2D eigenvalue weighted by Crippen LogP contribution is 2.02. The first kappa shape index (κ1) is 13.0. The molecule has 0 bridgehead atoms. The summed E-state index contributed by atoms with van der Waals surface area (Å²) < 4.78 is 0. The fourth-order valence-corrected chi connectivity index (χ4v) is 1.22. The van der Waals surface area contributed by atoms with Gasteiger partial charge in [-0.05, 0) is 26.0 Å². The molecule has 0 fully saturated rings. The average molecular weight is 237 g/mol. The van der Waals surface area contributed by atoms with Crippen LogP contribution in [0.15, 0.2) is 24.4 Å². The molecule has 0 radical (unpaired) electrons. The standard InChI is InChI=1S/C11H15N3O3/c1-11(2,14-10(16)17)9(15)13-7-8-5-3-4-6-12-8/h3-6,14H,7H2,1-2H3,(H,13,15)(H,16,17). The van der Waals surface area contributed by atoms with Gasteiger partial charge >= 0.3 is 6.09 Å². The van der Waals surface area contributed by atoms with Crippen molar-refractivity contribution in [2.75, 3.05) is 0 Å². The molecule has 1 heterocycles. The third-order valence-electron chi connectivity index (χ3n) is 2.14. The minimum atomic E-state index is -1.23. The van der Waals surface area contributed by atoms with Crippen LogP contribution in [0.4, 0.5) is 4.79 Å². The van der Waals surface area contributed by atoms with Gasteiger partial charge in [-0.15, -0.1) is 0 Å². The summed E-state index contributed by atoms with van der Waals surface area (Å²) in [5.41, 5.74) is -0.451. The van der Waals surface area contributed by atoms with E-state index in [-0.39, 0.29) is 6.54 Å². The first-order valence-electron chi connectivity index (χ1n) is 5.11. The Bertz CT molecular complexity index is 404. The van der Waals surface area contributed by atoms with Crippen LogP contribution >= 0.6 is 0 Å². The maximum Gasteiger partial charge on any atom is 0.405 e. The van der Waals surface area contributed by atoms with Gasteiger partial charge in [0.1, 0.15) is 5.54 Å². The predicted octanol–water partition coefficient (Wildman–Crippen LogP) is 0.744. The van der Waals surface area contributed by atoms with Gasteiger partial charge in [0, 0.05) is 6.20 Å². The summed E-state index contributed by atoms with van der Waals surface area (Å²) in [4.78, 5) is 26.2. The molecule has 1 aromatic rings. The van der Waals surface area contributed by atoms with Crippen LogP contribution in [0.1, 0.15) is 19.5 Å². The molecule has 1 rings (SSSR count). The fourth-order valence-electron chi connectivity index (χ4n) is 1.22. The molecule has 1 aromatic heterocycles. The van der Waals surface area contributed by atoms with E-state index >= 15 is 0 Å². The lowest BCUT2D eigenvalue weighted by Crippen LogP contribution is -2.54. The summed E-state index contributed by atoms with van der Waals surface area (Å²) in [6.07, 6.45) is 0.394. The van der Waals surface area contributed by atoms with Gasteiger partial charge in [-0.2, -0.15) is 0 Å². The van der Waals surface area contributed by atoms with Gasteiger partial charge in [-0.1, -0.05) is 6.07 Å². The summed E-state index contributed by atoms with van der Waals surface area (Å²) in [5.74, 6) is -0.398. The summed E-state index contributed by atoms with van der Waals surface area (Å²) in [6, 6.07) is 5.37. The second-order valence-electron chi connectivity index (χ2n) is 4.06. The molecular formula is C11H15N3O3. The highest BCUT2D eigenvalue weighted by atomic mass is 16.4. The van der Waals surface area contributed by atoms with E-state index in [1.165, 1.54) is 13.8 Å². The number of carbonyl (C=O) groups excluding carboxylic acids is 1. The molecule has 6 heteroatoms. The summed E-state index contributed by atoms with van der Waals surface area (Å²) in [6.45, 7) is 3.26. The van der Waals surface area contributed by atoms with Crippen LogP contribution in [0.2, 0.25) is 0 Å². The number of carbonyl (C=O) groups is 2. The van der Waals surface area contributed by atoms with Gasteiger partial charge in [-0.3, -0.25) is 9.78 Å². The Morgan fingerprint density at radius 2 is 2.12 bits per heavy atom. The lowest BCUT2D eigenvalue weighted by Gasteiger charge is -2.23. The Morgan fingerprint density at radius 1 is 1.41 bits per heavy atom. The van der Waals surface area contributed by atoms with Gasteiger partial charge in [-0.25, -0.2) is 4.79 Å². The number of nitrogens with one attached hydrogen (secondary N) is 2. The number of rotatable bonds is 4. The topological polar surface area (TPSA) is 91.3 Å². The van der Waals surface area contributed by atoms with Gasteiger partial charge in [0.05, 0.1) is 12.2 Å². The third kappa shape index (κ3) is 4.10. The Balaban J connectivity index is 2.52. The van der Waals surface area contributed by atoms with Crippen molar-refractivity contribution < 1.29 is 14.7 Å². The molecule has 0 unspecified atom stereocenters. The Hall–Kier alpha value is -2.11. The molecule has 0 saturated carbocycles. The normalized spacial score (nSPS) is 10.7. The summed E-state index contributed by atoms with van der Waals surface area (Å²) in [5, 5.41) is 13.3. The van der Waals surface area contributed by atoms with E-state index in [2.05, 4.69) is 15.6 Å². The number of hydrogen-bond acceptors (Lipinski definition) is 3. The highest BCUT2D eigenvalue weighted by molar-refractivity contribution is 5.88. The van der Waals surface area contributed by atoms with Crippen molar-refractivity contribution in [1.29, 1.82) is 0 Å². The molecule has 0 aliphatic heterocycles. The number of pyridine rings is 1. The molecule has 17 heavy (non-hydrogen) atoms. The van der Waals surface area contributed by atoms with E-state index in [9.17, 15) is 9.59 Å². The zero-order chi connectivity index (χ0) is 12.9. The number of aromatic nitrogens is 1. The molecular weight excluding hydrogens is 222 g/mol. The van der Waals surface area contributed by atoms with Crippen LogP contribution in [0.5, 0.6) is 0 Å². The SMILES string of the molecule is CC(C)(NC(=O)O)C(=O)NCc1ccccn1. The van der Waals surface area contributed by atoms with Crippen molar-refractivity contribution in [3.05, 3.63) is 30.1 Å². The molecule has 92 valence electrons. The first-order valence-corrected chi connectivity index (χ1v) is 5.11. The lowest BCUT2D eigenvalue weighted by atomic mass is 10.1. The van der Waals surface area contributed by atoms with Crippen molar-refractivity contribution in [1.82, 2.24) is 15.6 Å². The highest BCUT2D eigenvalue weighted by Gasteiger charge is 2.28. The minimum absolute atomic E-state index is 0.268. The van der Waals surface area contributed by atoms with Crippen LogP contribution in [-0.2, 0) is 11.3 Å². The zero-order valence-corrected chi connectivity index (χ0v) is 9.73. The van der Waals surface area contributed by atoms with Gasteiger partial charge < -0.3 is 15.7 Å². The predicted molar refractivity (Wildman–Crippen MR) is 61.3 cm³/mol. The fraction of sp³-hybridized carbons (Fsp3) is 0.364. The zero-order valence-electron chi connectivity index (χ0n) is 9.73. The van der Waals surface area contributed by atoms with Crippen molar-refractivity contribution in [2.45, 2.75) is 25.9 Å². The molecule has 2 amide bonds. The number of amides is 2. The van der Waals surface area contributed by atoms with Crippen molar-refractivity contribution in [3.63, 3.8) is 0 Å². The maximum atomic E-state index is 11.7. The van der Waals surface area contributed by atoms with E-state index in [0.717, 1.165) is 0 Å². The van der Waals surface area contributed by atoms with Gasteiger partial charge in [0.15, 0.2) is 0 Å². The van der Waals surface area contributed by atoms with E-state index in [0.29, 0.717) is 5.69 Å². The van der Waals surface area contributed by atoms with Crippen LogP contribution < -0.4 is 10.6 Å². The lowest BCUT2D eigenvalue weighted by molar-refractivity contribution is -0.126. The number of nitrogens with zero attached hydrogens (tertiary/aromatic N) is 1. The molecule has 6 nitrogen and oxygen atoms in total. The maximum absolute atomic E-state index is 11.7. The van der Waals surface area contributed by atoms with E-state index < -0.39 is 17.5 Å². The number of carboxylic acid groups (broad SMARTS) is 1. The second-order valence-corrected chi connectivity index (χ2v) is 4.06.